The maximum absolute atomic E-state index is 12.0. The van der Waals surface area contributed by atoms with Crippen LogP contribution in [0.4, 0.5) is 0 Å². The number of nitrogens with zero attached hydrogens (tertiary/aromatic N) is 2. The highest BCUT2D eigenvalue weighted by Crippen LogP contribution is 2.14. The lowest BCUT2D eigenvalue weighted by molar-refractivity contribution is 0.0869. The summed E-state index contributed by atoms with van der Waals surface area (Å²) in [4.78, 5) is 16.2. The second-order valence-corrected chi connectivity index (χ2v) is 5.06. The highest BCUT2D eigenvalue weighted by atomic mass is 16.3. The number of fused-ring (bicyclic) bond motifs is 1. The molecule has 0 radical (unpaired) electrons. The zero-order valence-corrected chi connectivity index (χ0v) is 10.8. The molecule has 1 aromatic carbocycles. The van der Waals surface area contributed by atoms with Gasteiger partial charge in [-0.2, -0.15) is 0 Å². The van der Waals surface area contributed by atoms with Crippen LogP contribution in [0.3, 0.4) is 0 Å². The van der Waals surface area contributed by atoms with Crippen LogP contribution in [-0.4, -0.2) is 32.7 Å². The number of aliphatic hydroxyl groups excluding tert-OH is 1. The molecule has 2 N–H and O–H groups in total. The third-order valence-electron chi connectivity index (χ3n) is 2.83. The van der Waals surface area contributed by atoms with E-state index < -0.39 is 5.54 Å². The van der Waals surface area contributed by atoms with E-state index >= 15 is 0 Å². The van der Waals surface area contributed by atoms with E-state index in [4.69, 9.17) is 5.11 Å². The molecule has 0 atom stereocenters. The Balaban J connectivity index is 2.28. The second kappa shape index (κ2) is 4.42. The highest BCUT2D eigenvalue weighted by molar-refractivity contribution is 5.97. The molecule has 5 nitrogen and oxygen atoms in total. The first-order chi connectivity index (χ1) is 8.43. The normalized spacial score (nSPS) is 11.8. The van der Waals surface area contributed by atoms with Gasteiger partial charge in [-0.05, 0) is 32.0 Å². The SMILES string of the molecule is Cn1cnc2cc(C(=O)NC(C)(C)CO)ccc21. The molecule has 2 rings (SSSR count). The molecule has 2 aromatic rings. The number of aryl methyl sites for hydroxylation is 1. The summed E-state index contributed by atoms with van der Waals surface area (Å²) in [6.45, 7) is 3.43. The summed E-state index contributed by atoms with van der Waals surface area (Å²) in [5, 5.41) is 11.9. The van der Waals surface area contributed by atoms with Gasteiger partial charge in [-0.25, -0.2) is 4.98 Å². The minimum Gasteiger partial charge on any atom is -0.394 e. The van der Waals surface area contributed by atoms with Crippen molar-refractivity contribution >= 4 is 16.9 Å². The van der Waals surface area contributed by atoms with Crippen LogP contribution in [0.25, 0.3) is 11.0 Å². The van der Waals surface area contributed by atoms with Crippen LogP contribution in [0, 0.1) is 0 Å². The number of aromatic nitrogens is 2. The van der Waals surface area contributed by atoms with Crippen LogP contribution in [0.2, 0.25) is 0 Å². The number of hydrogen-bond donors (Lipinski definition) is 2. The van der Waals surface area contributed by atoms with Gasteiger partial charge in [-0.15, -0.1) is 0 Å². The van der Waals surface area contributed by atoms with Gasteiger partial charge in [0.1, 0.15) is 0 Å². The number of nitrogens with one attached hydrogen (secondary N) is 1. The molecule has 0 fully saturated rings. The van der Waals surface area contributed by atoms with Crippen molar-refractivity contribution in [3.63, 3.8) is 0 Å². The highest BCUT2D eigenvalue weighted by Gasteiger charge is 2.20. The van der Waals surface area contributed by atoms with Crippen LogP contribution in [-0.2, 0) is 7.05 Å². The lowest BCUT2D eigenvalue weighted by Gasteiger charge is -2.23. The molecule has 0 aliphatic rings. The molecule has 5 heteroatoms. The Morgan fingerprint density at radius 3 is 2.89 bits per heavy atom. The van der Waals surface area contributed by atoms with E-state index in [2.05, 4.69) is 10.3 Å². The third-order valence-corrected chi connectivity index (χ3v) is 2.83. The number of carbonyl (C=O) groups is 1. The van der Waals surface area contributed by atoms with Gasteiger partial charge in [0, 0.05) is 12.6 Å². The van der Waals surface area contributed by atoms with Crippen LogP contribution in [0.5, 0.6) is 0 Å². The van der Waals surface area contributed by atoms with Gasteiger partial charge in [0.2, 0.25) is 0 Å². The molecule has 0 unspecified atom stereocenters. The topological polar surface area (TPSA) is 67.2 Å². The van der Waals surface area contributed by atoms with Crippen molar-refractivity contribution in [2.24, 2.45) is 7.05 Å². The first kappa shape index (κ1) is 12.6. The summed E-state index contributed by atoms with van der Waals surface area (Å²) < 4.78 is 1.90. The number of rotatable bonds is 3. The molecule has 0 bridgehead atoms. The molecule has 0 saturated heterocycles. The molecule has 0 aliphatic carbocycles. The summed E-state index contributed by atoms with van der Waals surface area (Å²) >= 11 is 0. The van der Waals surface area contributed by atoms with Crippen molar-refractivity contribution in [1.29, 1.82) is 0 Å². The molecule has 1 amide bonds. The van der Waals surface area contributed by atoms with Gasteiger partial charge in [-0.1, -0.05) is 0 Å². The number of benzene rings is 1. The Morgan fingerprint density at radius 1 is 1.50 bits per heavy atom. The van der Waals surface area contributed by atoms with Crippen LogP contribution in [0.1, 0.15) is 24.2 Å². The maximum Gasteiger partial charge on any atom is 0.251 e. The quantitative estimate of drug-likeness (QED) is 0.852. The van der Waals surface area contributed by atoms with E-state index in [9.17, 15) is 4.79 Å². The summed E-state index contributed by atoms with van der Waals surface area (Å²) in [7, 11) is 1.91. The molecule has 1 heterocycles. The molecule has 0 spiro atoms. The van der Waals surface area contributed by atoms with Crippen molar-refractivity contribution in [2.75, 3.05) is 6.61 Å². The van der Waals surface area contributed by atoms with Gasteiger partial charge in [0.15, 0.2) is 0 Å². The van der Waals surface area contributed by atoms with E-state index in [1.807, 2.05) is 17.7 Å². The van der Waals surface area contributed by atoms with Crippen molar-refractivity contribution < 1.29 is 9.90 Å². The fourth-order valence-electron chi connectivity index (χ4n) is 1.70. The zero-order valence-electron chi connectivity index (χ0n) is 10.8. The monoisotopic (exact) mass is 247 g/mol. The first-order valence-electron chi connectivity index (χ1n) is 5.77. The number of imidazole rings is 1. The van der Waals surface area contributed by atoms with Crippen molar-refractivity contribution in [2.45, 2.75) is 19.4 Å². The Hall–Kier alpha value is -1.88. The maximum atomic E-state index is 12.0. The predicted molar refractivity (Wildman–Crippen MR) is 69.3 cm³/mol. The number of carbonyl (C=O) groups excluding carboxylic acids is 1. The summed E-state index contributed by atoms with van der Waals surface area (Å²) in [5.41, 5.74) is 1.68. The number of aliphatic hydroxyl groups is 1. The average Bonchev–Trinajstić information content (AvgIpc) is 2.70. The summed E-state index contributed by atoms with van der Waals surface area (Å²) in [6.07, 6.45) is 1.71. The second-order valence-electron chi connectivity index (χ2n) is 5.06. The average molecular weight is 247 g/mol. The van der Waals surface area contributed by atoms with Crippen LogP contribution in [0.15, 0.2) is 24.5 Å². The lowest BCUT2D eigenvalue weighted by atomic mass is 10.1. The third kappa shape index (κ3) is 2.36. The van der Waals surface area contributed by atoms with E-state index in [1.165, 1.54) is 0 Å². The lowest BCUT2D eigenvalue weighted by Crippen LogP contribution is -2.46. The number of amides is 1. The fraction of sp³-hybridized carbons (Fsp3) is 0.385. The van der Waals surface area contributed by atoms with Gasteiger partial charge in [-0.3, -0.25) is 4.79 Å². The van der Waals surface area contributed by atoms with Crippen LogP contribution >= 0.6 is 0 Å². The molecule has 0 saturated carbocycles. The Labute approximate surface area is 105 Å². The summed E-state index contributed by atoms with van der Waals surface area (Å²) in [5.74, 6) is -0.207. The largest absolute Gasteiger partial charge is 0.394 e. The fourth-order valence-corrected chi connectivity index (χ4v) is 1.70. The van der Waals surface area contributed by atoms with Crippen molar-refractivity contribution in [3.05, 3.63) is 30.1 Å². The minimum atomic E-state index is -0.629. The minimum absolute atomic E-state index is 0.107. The molecule has 0 aliphatic heterocycles. The molecule has 1 aromatic heterocycles. The molecule has 96 valence electrons. The van der Waals surface area contributed by atoms with Gasteiger partial charge in [0.25, 0.3) is 5.91 Å². The van der Waals surface area contributed by atoms with Gasteiger partial charge < -0.3 is 15.0 Å². The summed E-state index contributed by atoms with van der Waals surface area (Å²) in [6, 6.07) is 5.37. The van der Waals surface area contributed by atoms with E-state index in [1.54, 1.807) is 32.3 Å². The van der Waals surface area contributed by atoms with Gasteiger partial charge in [0.05, 0.1) is 29.5 Å². The van der Waals surface area contributed by atoms with Crippen LogP contribution < -0.4 is 5.32 Å². The Morgan fingerprint density at radius 2 is 2.22 bits per heavy atom. The van der Waals surface area contributed by atoms with Crippen molar-refractivity contribution in [1.82, 2.24) is 14.9 Å². The smallest absolute Gasteiger partial charge is 0.251 e. The standard InChI is InChI=1S/C13H17N3O2/c1-13(2,7-17)15-12(18)9-4-5-11-10(6-9)14-8-16(11)3/h4-6,8,17H,7H2,1-3H3,(H,15,18). The zero-order chi connectivity index (χ0) is 13.3. The Kier molecular flexibility index (Phi) is 3.09. The first-order valence-corrected chi connectivity index (χ1v) is 5.77. The van der Waals surface area contributed by atoms with E-state index in [-0.39, 0.29) is 12.5 Å². The Bertz CT molecular complexity index is 587. The van der Waals surface area contributed by atoms with Crippen molar-refractivity contribution in [3.8, 4) is 0 Å². The van der Waals surface area contributed by atoms with E-state index in [0.717, 1.165) is 11.0 Å². The van der Waals surface area contributed by atoms with Gasteiger partial charge >= 0.3 is 0 Å². The molecular weight excluding hydrogens is 230 g/mol. The molecular formula is C13H17N3O2. The molecule has 18 heavy (non-hydrogen) atoms. The number of hydrogen-bond acceptors (Lipinski definition) is 3. The predicted octanol–water partition coefficient (Wildman–Crippen LogP) is 1.07. The van der Waals surface area contributed by atoms with E-state index in [0.29, 0.717) is 5.56 Å².